The number of guanidine groups is 1. The molecule has 2 unspecified atom stereocenters. The van der Waals surface area contributed by atoms with Gasteiger partial charge in [-0.2, -0.15) is 5.10 Å². The van der Waals surface area contributed by atoms with Crippen molar-refractivity contribution in [3.05, 3.63) is 53.9 Å². The molecule has 7 nitrogen and oxygen atoms in total. The normalized spacial score (nSPS) is 22.0. The monoisotopic (exact) mass is 525 g/mol. The van der Waals surface area contributed by atoms with Crippen LogP contribution in [-0.4, -0.2) is 65.7 Å². The van der Waals surface area contributed by atoms with Gasteiger partial charge in [-0.1, -0.05) is 30.3 Å². The quantitative estimate of drug-likeness (QED) is 0.357. The molecule has 1 N–H and O–H groups in total. The van der Waals surface area contributed by atoms with Crippen LogP contribution in [0.2, 0.25) is 0 Å². The molecule has 0 spiro atoms. The molecule has 2 aliphatic rings. The minimum Gasteiger partial charge on any atom is -0.375 e. The topological polar surface area (TPSA) is 63.9 Å². The minimum absolute atomic E-state index is 0. The second kappa shape index (κ2) is 11.7. The summed E-state index contributed by atoms with van der Waals surface area (Å²) in [5.41, 5.74) is 2.35. The van der Waals surface area contributed by atoms with Crippen LogP contribution in [0.1, 0.15) is 30.9 Å². The fourth-order valence-corrected chi connectivity index (χ4v) is 3.93. The molecule has 164 valence electrons. The maximum Gasteiger partial charge on any atom is 0.194 e. The van der Waals surface area contributed by atoms with Crippen molar-refractivity contribution in [2.24, 2.45) is 4.99 Å². The largest absolute Gasteiger partial charge is 0.375 e. The number of nitrogens with zero attached hydrogens (tertiary/aromatic N) is 4. The van der Waals surface area contributed by atoms with Crippen molar-refractivity contribution in [1.82, 2.24) is 20.0 Å². The third-order valence-corrected chi connectivity index (χ3v) is 5.39. The zero-order valence-corrected chi connectivity index (χ0v) is 19.9. The highest BCUT2D eigenvalue weighted by molar-refractivity contribution is 14.0. The number of aliphatic imine (C=N–C) groups is 1. The lowest BCUT2D eigenvalue weighted by Gasteiger charge is -2.37. The van der Waals surface area contributed by atoms with Crippen LogP contribution in [0.25, 0.3) is 0 Å². The van der Waals surface area contributed by atoms with E-state index in [0.717, 1.165) is 57.2 Å². The van der Waals surface area contributed by atoms with Gasteiger partial charge in [0.15, 0.2) is 5.96 Å². The summed E-state index contributed by atoms with van der Waals surface area (Å²) in [6, 6.07) is 10.4. The number of benzene rings is 1. The van der Waals surface area contributed by atoms with Gasteiger partial charge in [0.25, 0.3) is 0 Å². The SMILES string of the molecule is CCNC(=NCc1cnn(Cc2ccccc2)c1)N1CCOC(C2CCCO2)C1.I. The fourth-order valence-electron chi connectivity index (χ4n) is 3.93. The smallest absolute Gasteiger partial charge is 0.194 e. The molecule has 3 heterocycles. The first-order valence-corrected chi connectivity index (χ1v) is 10.6. The second-order valence-electron chi connectivity index (χ2n) is 7.61. The molecule has 0 amide bonds. The molecule has 2 aromatic rings. The first-order chi connectivity index (χ1) is 14.3. The van der Waals surface area contributed by atoms with E-state index in [1.807, 2.05) is 16.9 Å². The molecule has 2 atom stereocenters. The van der Waals surface area contributed by atoms with Gasteiger partial charge in [-0.15, -0.1) is 24.0 Å². The molecule has 2 fully saturated rings. The maximum absolute atomic E-state index is 5.98. The number of rotatable bonds is 6. The lowest BCUT2D eigenvalue weighted by atomic mass is 10.1. The van der Waals surface area contributed by atoms with Crippen LogP contribution in [0.4, 0.5) is 0 Å². The van der Waals surface area contributed by atoms with Crippen LogP contribution in [0.15, 0.2) is 47.7 Å². The third-order valence-electron chi connectivity index (χ3n) is 5.39. The number of halogens is 1. The molecular weight excluding hydrogens is 493 g/mol. The van der Waals surface area contributed by atoms with Gasteiger partial charge in [-0.25, -0.2) is 4.99 Å². The zero-order chi connectivity index (χ0) is 19.9. The van der Waals surface area contributed by atoms with Gasteiger partial charge in [0.1, 0.15) is 6.10 Å². The summed E-state index contributed by atoms with van der Waals surface area (Å²) in [6.45, 7) is 7.57. The minimum atomic E-state index is 0. The van der Waals surface area contributed by atoms with Gasteiger partial charge in [0.2, 0.25) is 0 Å². The summed E-state index contributed by atoms with van der Waals surface area (Å²) in [5, 5.41) is 7.92. The third kappa shape index (κ3) is 6.18. The van der Waals surface area contributed by atoms with Crippen molar-refractivity contribution in [3.63, 3.8) is 0 Å². The van der Waals surface area contributed by atoms with Gasteiger partial charge < -0.3 is 19.7 Å². The number of aromatic nitrogens is 2. The molecule has 4 rings (SSSR count). The number of nitrogens with one attached hydrogen (secondary N) is 1. The molecule has 8 heteroatoms. The number of morpholine rings is 1. The van der Waals surface area contributed by atoms with Crippen LogP contribution >= 0.6 is 24.0 Å². The summed E-state index contributed by atoms with van der Waals surface area (Å²) >= 11 is 0. The van der Waals surface area contributed by atoms with Crippen molar-refractivity contribution >= 4 is 29.9 Å². The van der Waals surface area contributed by atoms with Gasteiger partial charge in [0.05, 0.1) is 32.0 Å². The van der Waals surface area contributed by atoms with E-state index in [9.17, 15) is 0 Å². The van der Waals surface area contributed by atoms with Crippen molar-refractivity contribution in [1.29, 1.82) is 0 Å². The number of hydrogen-bond donors (Lipinski definition) is 1. The Morgan fingerprint density at radius 2 is 2.00 bits per heavy atom. The second-order valence-corrected chi connectivity index (χ2v) is 7.61. The van der Waals surface area contributed by atoms with Crippen LogP contribution in [0.3, 0.4) is 0 Å². The van der Waals surface area contributed by atoms with Crippen molar-refractivity contribution < 1.29 is 9.47 Å². The van der Waals surface area contributed by atoms with E-state index in [4.69, 9.17) is 14.5 Å². The first kappa shape index (κ1) is 23.0. The van der Waals surface area contributed by atoms with E-state index in [2.05, 4.69) is 52.7 Å². The van der Waals surface area contributed by atoms with E-state index < -0.39 is 0 Å². The van der Waals surface area contributed by atoms with E-state index in [1.165, 1.54) is 5.56 Å². The van der Waals surface area contributed by atoms with Gasteiger partial charge >= 0.3 is 0 Å². The molecule has 2 aliphatic heterocycles. The van der Waals surface area contributed by atoms with E-state index in [-0.39, 0.29) is 36.2 Å². The molecular formula is C22H32IN5O2. The lowest BCUT2D eigenvalue weighted by molar-refractivity contribution is -0.0817. The Morgan fingerprint density at radius 3 is 2.77 bits per heavy atom. The highest BCUT2D eigenvalue weighted by Crippen LogP contribution is 2.21. The Balaban J connectivity index is 0.00000256. The standard InChI is InChI=1S/C22H31N5O2.HI/c1-2-23-22(26-10-12-29-21(17-26)20-9-6-11-28-20)24-13-19-14-25-27(16-19)15-18-7-4-3-5-8-18;/h3-5,7-8,14,16,20-21H,2,6,9-13,15,17H2,1H3,(H,23,24);1H. The average molecular weight is 525 g/mol. The maximum atomic E-state index is 5.98. The summed E-state index contributed by atoms with van der Waals surface area (Å²) in [4.78, 5) is 7.17. The predicted octanol–water partition coefficient (Wildman–Crippen LogP) is 2.89. The summed E-state index contributed by atoms with van der Waals surface area (Å²) in [5.74, 6) is 0.939. The molecule has 0 saturated carbocycles. The van der Waals surface area contributed by atoms with Gasteiger partial charge in [0, 0.05) is 38.0 Å². The first-order valence-electron chi connectivity index (χ1n) is 10.6. The van der Waals surface area contributed by atoms with Crippen LogP contribution < -0.4 is 5.32 Å². The Hall–Kier alpha value is -1.65. The molecule has 0 radical (unpaired) electrons. The molecule has 2 saturated heterocycles. The average Bonchev–Trinajstić information content (AvgIpc) is 3.44. The van der Waals surface area contributed by atoms with Crippen molar-refractivity contribution in [2.45, 2.75) is 45.1 Å². The predicted molar refractivity (Wildman–Crippen MR) is 128 cm³/mol. The summed E-state index contributed by atoms with van der Waals surface area (Å²) in [6.07, 6.45) is 6.55. The van der Waals surface area contributed by atoms with E-state index >= 15 is 0 Å². The van der Waals surface area contributed by atoms with Gasteiger partial charge in [-0.3, -0.25) is 4.68 Å². The number of ether oxygens (including phenoxy) is 2. The lowest BCUT2D eigenvalue weighted by Crippen LogP contribution is -2.53. The molecule has 1 aromatic heterocycles. The van der Waals surface area contributed by atoms with Gasteiger partial charge in [-0.05, 0) is 25.3 Å². The van der Waals surface area contributed by atoms with E-state index in [0.29, 0.717) is 13.2 Å². The highest BCUT2D eigenvalue weighted by Gasteiger charge is 2.32. The highest BCUT2D eigenvalue weighted by atomic mass is 127. The van der Waals surface area contributed by atoms with Crippen LogP contribution in [-0.2, 0) is 22.6 Å². The van der Waals surface area contributed by atoms with Crippen LogP contribution in [0, 0.1) is 0 Å². The Bertz CT molecular complexity index is 792. The summed E-state index contributed by atoms with van der Waals surface area (Å²) < 4.78 is 13.8. The van der Waals surface area contributed by atoms with Crippen molar-refractivity contribution in [3.8, 4) is 0 Å². The summed E-state index contributed by atoms with van der Waals surface area (Å²) in [7, 11) is 0. The zero-order valence-electron chi connectivity index (χ0n) is 17.6. The number of hydrogen-bond acceptors (Lipinski definition) is 4. The fraction of sp³-hybridized carbons (Fsp3) is 0.545. The molecule has 0 bridgehead atoms. The Morgan fingerprint density at radius 1 is 1.17 bits per heavy atom. The van der Waals surface area contributed by atoms with Crippen molar-refractivity contribution in [2.75, 3.05) is 32.8 Å². The molecule has 30 heavy (non-hydrogen) atoms. The van der Waals surface area contributed by atoms with Crippen LogP contribution in [0.5, 0.6) is 0 Å². The Kier molecular flexibility index (Phi) is 8.95. The molecule has 0 aliphatic carbocycles. The van der Waals surface area contributed by atoms with E-state index in [1.54, 1.807) is 0 Å². The Labute approximate surface area is 195 Å². The molecule has 1 aromatic carbocycles.